The van der Waals surface area contributed by atoms with Crippen LogP contribution in [0, 0.1) is 6.92 Å². The molecule has 0 spiro atoms. The molecule has 0 aromatic heterocycles. The van der Waals surface area contributed by atoms with E-state index in [2.05, 4.69) is 6.92 Å². The number of hydrogen-bond donors (Lipinski definition) is 0. The lowest BCUT2D eigenvalue weighted by Crippen LogP contribution is -2.29. The van der Waals surface area contributed by atoms with E-state index in [-0.39, 0.29) is 11.8 Å². The van der Waals surface area contributed by atoms with Gasteiger partial charge in [-0.1, -0.05) is 56.4 Å². The standard InChI is InChI=1S/C22H25NO2/c1-3-4-5-6-7-8-17-11-14-19-20(15-17)22(25)23(21(19)24)18-12-9-16(2)10-13-18/h9-15H,3-8H2,1-2H3. The zero-order valence-corrected chi connectivity index (χ0v) is 15.0. The molecule has 0 aliphatic carbocycles. The van der Waals surface area contributed by atoms with Crippen molar-refractivity contribution < 1.29 is 9.59 Å². The molecule has 0 unspecified atom stereocenters. The van der Waals surface area contributed by atoms with Gasteiger partial charge in [0.05, 0.1) is 16.8 Å². The summed E-state index contributed by atoms with van der Waals surface area (Å²) in [6.45, 7) is 4.20. The Balaban J connectivity index is 1.75. The highest BCUT2D eigenvalue weighted by molar-refractivity contribution is 6.34. The third kappa shape index (κ3) is 3.65. The number of amides is 2. The molecule has 3 nitrogen and oxygen atoms in total. The van der Waals surface area contributed by atoms with E-state index in [0.717, 1.165) is 24.0 Å². The van der Waals surface area contributed by atoms with Crippen LogP contribution in [0.25, 0.3) is 0 Å². The molecule has 1 heterocycles. The van der Waals surface area contributed by atoms with Crippen molar-refractivity contribution in [3.8, 4) is 0 Å². The molecule has 2 aromatic carbocycles. The minimum absolute atomic E-state index is 0.211. The third-order valence-corrected chi connectivity index (χ3v) is 4.81. The number of rotatable bonds is 7. The molecule has 0 bridgehead atoms. The van der Waals surface area contributed by atoms with Crippen LogP contribution in [-0.2, 0) is 6.42 Å². The average Bonchev–Trinajstić information content (AvgIpc) is 2.86. The molecule has 1 aliphatic heterocycles. The minimum atomic E-state index is -0.224. The van der Waals surface area contributed by atoms with Crippen molar-refractivity contribution in [2.45, 2.75) is 52.4 Å². The normalized spacial score (nSPS) is 13.4. The molecule has 0 atom stereocenters. The number of carbonyl (C=O) groups is 2. The second-order valence-corrected chi connectivity index (χ2v) is 6.83. The Morgan fingerprint density at radius 3 is 2.20 bits per heavy atom. The molecule has 0 fully saturated rings. The van der Waals surface area contributed by atoms with Gasteiger partial charge in [-0.2, -0.15) is 0 Å². The molecule has 2 aromatic rings. The van der Waals surface area contributed by atoms with Crippen molar-refractivity contribution in [2.24, 2.45) is 0 Å². The first-order chi connectivity index (χ1) is 12.1. The minimum Gasteiger partial charge on any atom is -0.268 e. The Morgan fingerprint density at radius 1 is 0.800 bits per heavy atom. The van der Waals surface area contributed by atoms with Gasteiger partial charge in [-0.3, -0.25) is 9.59 Å². The summed E-state index contributed by atoms with van der Waals surface area (Å²) in [4.78, 5) is 26.7. The van der Waals surface area contributed by atoms with Crippen LogP contribution < -0.4 is 4.90 Å². The smallest absolute Gasteiger partial charge is 0.266 e. The summed E-state index contributed by atoms with van der Waals surface area (Å²) in [6.07, 6.45) is 7.09. The number of unbranched alkanes of at least 4 members (excludes halogenated alkanes) is 4. The first-order valence-electron chi connectivity index (χ1n) is 9.20. The van der Waals surface area contributed by atoms with Crippen LogP contribution in [0.2, 0.25) is 0 Å². The number of carbonyl (C=O) groups excluding carboxylic acids is 2. The Bertz CT molecular complexity index is 777. The molecule has 0 saturated heterocycles. The van der Waals surface area contributed by atoms with Gasteiger partial charge in [-0.25, -0.2) is 4.90 Å². The Hall–Kier alpha value is -2.42. The van der Waals surface area contributed by atoms with Crippen molar-refractivity contribution in [3.05, 3.63) is 64.7 Å². The van der Waals surface area contributed by atoms with E-state index in [9.17, 15) is 9.59 Å². The Kier molecular flexibility index (Phi) is 5.32. The monoisotopic (exact) mass is 335 g/mol. The first-order valence-corrected chi connectivity index (χ1v) is 9.20. The predicted octanol–water partition coefficient (Wildman–Crippen LogP) is 5.31. The molecule has 0 saturated carbocycles. The lowest BCUT2D eigenvalue weighted by Gasteiger charge is -2.13. The summed E-state index contributed by atoms with van der Waals surface area (Å²) in [5.74, 6) is -0.435. The van der Waals surface area contributed by atoms with Crippen molar-refractivity contribution in [3.63, 3.8) is 0 Å². The van der Waals surface area contributed by atoms with Gasteiger partial charge in [0.15, 0.2) is 0 Å². The first kappa shape index (κ1) is 17.4. The maximum absolute atomic E-state index is 12.8. The summed E-state index contributed by atoms with van der Waals surface area (Å²) in [7, 11) is 0. The summed E-state index contributed by atoms with van der Waals surface area (Å²) < 4.78 is 0. The van der Waals surface area contributed by atoms with E-state index in [1.807, 2.05) is 49.4 Å². The molecule has 1 aliphatic rings. The molecule has 25 heavy (non-hydrogen) atoms. The highest BCUT2D eigenvalue weighted by Gasteiger charge is 2.36. The third-order valence-electron chi connectivity index (χ3n) is 4.81. The van der Waals surface area contributed by atoms with Crippen LogP contribution in [0.3, 0.4) is 0 Å². The fourth-order valence-electron chi connectivity index (χ4n) is 3.30. The molecule has 130 valence electrons. The molecular formula is C22H25NO2. The zero-order chi connectivity index (χ0) is 17.8. The second-order valence-electron chi connectivity index (χ2n) is 6.83. The van der Waals surface area contributed by atoms with Crippen LogP contribution in [0.15, 0.2) is 42.5 Å². The van der Waals surface area contributed by atoms with Gasteiger partial charge in [0, 0.05) is 0 Å². The maximum Gasteiger partial charge on any atom is 0.266 e. The SMILES string of the molecule is CCCCCCCc1ccc2c(c1)C(=O)N(c1ccc(C)cc1)C2=O. The topological polar surface area (TPSA) is 37.4 Å². The van der Waals surface area contributed by atoms with Crippen LogP contribution in [0.1, 0.15) is 70.9 Å². The summed E-state index contributed by atoms with van der Waals surface area (Å²) >= 11 is 0. The van der Waals surface area contributed by atoms with E-state index in [1.165, 1.54) is 30.6 Å². The number of imide groups is 1. The summed E-state index contributed by atoms with van der Waals surface area (Å²) in [6, 6.07) is 13.2. The van der Waals surface area contributed by atoms with Crippen LogP contribution in [0.5, 0.6) is 0 Å². The predicted molar refractivity (Wildman–Crippen MR) is 101 cm³/mol. The van der Waals surface area contributed by atoms with Crippen molar-refractivity contribution in [1.82, 2.24) is 0 Å². The number of hydrogen-bond acceptors (Lipinski definition) is 2. The average molecular weight is 335 g/mol. The number of aryl methyl sites for hydroxylation is 2. The van der Waals surface area contributed by atoms with Crippen LogP contribution >= 0.6 is 0 Å². The number of fused-ring (bicyclic) bond motifs is 1. The maximum atomic E-state index is 12.8. The van der Waals surface area contributed by atoms with Crippen LogP contribution in [-0.4, -0.2) is 11.8 Å². The fraction of sp³-hybridized carbons (Fsp3) is 0.364. The van der Waals surface area contributed by atoms with Gasteiger partial charge in [0.25, 0.3) is 11.8 Å². The van der Waals surface area contributed by atoms with E-state index in [0.29, 0.717) is 16.8 Å². The largest absolute Gasteiger partial charge is 0.268 e. The highest BCUT2D eigenvalue weighted by Crippen LogP contribution is 2.29. The quantitative estimate of drug-likeness (QED) is 0.508. The van der Waals surface area contributed by atoms with Gasteiger partial charge in [-0.05, 0) is 49.6 Å². The van der Waals surface area contributed by atoms with E-state index >= 15 is 0 Å². The summed E-state index contributed by atoms with van der Waals surface area (Å²) in [5, 5.41) is 0. The van der Waals surface area contributed by atoms with Crippen LogP contribution in [0.4, 0.5) is 5.69 Å². The zero-order valence-electron chi connectivity index (χ0n) is 15.0. The van der Waals surface area contributed by atoms with Gasteiger partial charge in [0.1, 0.15) is 0 Å². The van der Waals surface area contributed by atoms with E-state index in [4.69, 9.17) is 0 Å². The van der Waals surface area contributed by atoms with E-state index in [1.54, 1.807) is 0 Å². The molecular weight excluding hydrogens is 310 g/mol. The van der Waals surface area contributed by atoms with Gasteiger partial charge in [0.2, 0.25) is 0 Å². The highest BCUT2D eigenvalue weighted by atomic mass is 16.2. The van der Waals surface area contributed by atoms with Gasteiger partial charge in [-0.15, -0.1) is 0 Å². The second kappa shape index (κ2) is 7.64. The van der Waals surface area contributed by atoms with Crippen molar-refractivity contribution in [1.29, 1.82) is 0 Å². The lowest BCUT2D eigenvalue weighted by atomic mass is 10.0. The fourth-order valence-corrected chi connectivity index (χ4v) is 3.30. The molecule has 2 amide bonds. The lowest BCUT2D eigenvalue weighted by molar-refractivity contribution is 0.0926. The number of nitrogens with zero attached hydrogens (tertiary/aromatic N) is 1. The summed E-state index contributed by atoms with van der Waals surface area (Å²) in [5.41, 5.74) is 3.93. The van der Waals surface area contributed by atoms with E-state index < -0.39 is 0 Å². The van der Waals surface area contributed by atoms with Gasteiger partial charge < -0.3 is 0 Å². The van der Waals surface area contributed by atoms with Crippen molar-refractivity contribution in [2.75, 3.05) is 4.90 Å². The number of anilines is 1. The van der Waals surface area contributed by atoms with Gasteiger partial charge >= 0.3 is 0 Å². The number of benzene rings is 2. The molecule has 0 radical (unpaired) electrons. The molecule has 3 heteroatoms. The molecule has 3 rings (SSSR count). The Labute approximate surface area is 149 Å². The Morgan fingerprint density at radius 2 is 1.48 bits per heavy atom. The van der Waals surface area contributed by atoms with Crippen molar-refractivity contribution >= 4 is 17.5 Å². The molecule has 0 N–H and O–H groups in total.